The van der Waals surface area contributed by atoms with Crippen LogP contribution in [0.25, 0.3) is 0 Å². The molecule has 29 heavy (non-hydrogen) atoms. The lowest BCUT2D eigenvalue weighted by Gasteiger charge is -2.52. The Morgan fingerprint density at radius 2 is 2.10 bits per heavy atom. The molecule has 0 aliphatic carbocycles. The number of benzene rings is 1. The van der Waals surface area contributed by atoms with Gasteiger partial charge in [0.15, 0.2) is 0 Å². The summed E-state index contributed by atoms with van der Waals surface area (Å²) in [6, 6.07) is 9.51. The maximum atomic E-state index is 12.8. The molecule has 3 fully saturated rings. The molecule has 6 nitrogen and oxygen atoms in total. The second-order valence-electron chi connectivity index (χ2n) is 8.59. The smallest absolute Gasteiger partial charge is 0.316 e. The number of carbonyl (C=O) groups excluding carboxylic acids is 1. The number of aliphatic hydroxyl groups is 1. The molecule has 3 N–H and O–H groups in total. The molecule has 0 spiro atoms. The standard InChI is InChI=1S/C21H31N2O4.2BrH/c1-3-4-10-21-12-15(11-17(23(21,2)22)18-19(21)27-18)26-20(25)16(13-24)14-8-6-5-7-9-14;;/h5-9,15-19,24H,3-4,10-13,22H2,1-2H3;2*1H/q+1;;/p-1. The van der Waals surface area contributed by atoms with Crippen molar-refractivity contribution in [3.05, 3.63) is 35.9 Å². The molecule has 3 aliphatic heterocycles. The van der Waals surface area contributed by atoms with Gasteiger partial charge in [0.2, 0.25) is 0 Å². The van der Waals surface area contributed by atoms with Gasteiger partial charge in [-0.2, -0.15) is 5.84 Å². The van der Waals surface area contributed by atoms with Crippen molar-refractivity contribution in [3.8, 4) is 0 Å². The number of morpholine rings is 1. The van der Waals surface area contributed by atoms with Crippen LogP contribution in [0, 0.1) is 0 Å². The number of halogens is 2. The summed E-state index contributed by atoms with van der Waals surface area (Å²) < 4.78 is 12.4. The average molecular weight is 536 g/mol. The van der Waals surface area contributed by atoms with Crippen molar-refractivity contribution < 1.29 is 40.9 Å². The zero-order valence-electron chi connectivity index (χ0n) is 17.0. The van der Waals surface area contributed by atoms with E-state index in [1.54, 1.807) is 0 Å². The number of epoxide rings is 1. The lowest BCUT2D eigenvalue weighted by Crippen LogP contribution is -3.00. The number of nitrogens with two attached hydrogens (primary N) is 1. The van der Waals surface area contributed by atoms with Gasteiger partial charge < -0.3 is 31.6 Å². The summed E-state index contributed by atoms with van der Waals surface area (Å²) in [5, 5.41) is 9.75. The van der Waals surface area contributed by atoms with Gasteiger partial charge in [-0.1, -0.05) is 43.7 Å². The lowest BCUT2D eigenvalue weighted by atomic mass is 9.80. The number of quaternary nitrogens is 1. The van der Waals surface area contributed by atoms with E-state index in [1.165, 1.54) is 0 Å². The van der Waals surface area contributed by atoms with Crippen LogP contribution in [0.5, 0.6) is 0 Å². The monoisotopic (exact) mass is 534 g/mol. The highest BCUT2D eigenvalue weighted by atomic mass is 79.9. The topological polar surface area (TPSA) is 85.1 Å². The zero-order chi connectivity index (χ0) is 19.2. The minimum atomic E-state index is -0.637. The van der Waals surface area contributed by atoms with Crippen molar-refractivity contribution in [2.75, 3.05) is 13.7 Å². The van der Waals surface area contributed by atoms with Crippen molar-refractivity contribution in [1.29, 1.82) is 0 Å². The SMILES string of the molecule is Br.CCCCC12CC(OC(=O)C(CO)c3ccccc3)CC(C3OC31)[N+]2(C)N.[Br-]. The maximum Gasteiger partial charge on any atom is 0.316 e. The summed E-state index contributed by atoms with van der Waals surface area (Å²) in [6.07, 6.45) is 4.87. The van der Waals surface area contributed by atoms with Crippen LogP contribution < -0.4 is 22.8 Å². The third kappa shape index (κ3) is 4.04. The highest BCUT2D eigenvalue weighted by molar-refractivity contribution is 8.93. The van der Waals surface area contributed by atoms with Gasteiger partial charge in [-0.3, -0.25) is 4.79 Å². The van der Waals surface area contributed by atoms with E-state index in [4.69, 9.17) is 15.3 Å². The minimum Gasteiger partial charge on any atom is -1.00 e. The van der Waals surface area contributed by atoms with Crippen LogP contribution in [0.15, 0.2) is 30.3 Å². The van der Waals surface area contributed by atoms with Crippen LogP contribution in [-0.4, -0.2) is 59.2 Å². The van der Waals surface area contributed by atoms with Crippen LogP contribution in [0.1, 0.15) is 50.5 Å². The fourth-order valence-corrected chi connectivity index (χ4v) is 5.48. The number of hydrogen-bond acceptors (Lipinski definition) is 5. The van der Waals surface area contributed by atoms with Gasteiger partial charge in [0, 0.05) is 19.3 Å². The first-order chi connectivity index (χ1) is 12.9. The Morgan fingerprint density at radius 1 is 1.41 bits per heavy atom. The molecule has 0 aromatic heterocycles. The average Bonchev–Trinajstić information content (AvgIpc) is 3.42. The fraction of sp³-hybridized carbons (Fsp3) is 0.667. The molecule has 3 saturated heterocycles. The van der Waals surface area contributed by atoms with Crippen LogP contribution >= 0.6 is 17.0 Å². The summed E-state index contributed by atoms with van der Waals surface area (Å²) in [6.45, 7) is 1.93. The first-order valence-electron chi connectivity index (χ1n) is 10.1. The van der Waals surface area contributed by atoms with Gasteiger partial charge in [0.05, 0.1) is 13.7 Å². The predicted octanol–water partition coefficient (Wildman–Crippen LogP) is -0.551. The molecule has 7 atom stereocenters. The quantitative estimate of drug-likeness (QED) is 0.212. The largest absolute Gasteiger partial charge is 1.00 e. The molecule has 7 unspecified atom stereocenters. The molecule has 3 heterocycles. The molecule has 3 aliphatic rings. The second-order valence-corrected chi connectivity index (χ2v) is 8.59. The van der Waals surface area contributed by atoms with Crippen molar-refractivity contribution in [2.45, 2.75) is 74.8 Å². The van der Waals surface area contributed by atoms with E-state index in [9.17, 15) is 9.90 Å². The number of ether oxygens (including phenoxy) is 2. The summed E-state index contributed by atoms with van der Waals surface area (Å²) >= 11 is 0. The number of esters is 1. The van der Waals surface area contributed by atoms with E-state index in [1.807, 2.05) is 30.3 Å². The number of nitrogens with zero attached hydrogens (tertiary/aromatic N) is 1. The molecule has 1 aromatic rings. The van der Waals surface area contributed by atoms with Crippen molar-refractivity contribution in [1.82, 2.24) is 0 Å². The number of unbranched alkanes of at least 4 members (excludes halogenated alkanes) is 1. The summed E-state index contributed by atoms with van der Waals surface area (Å²) in [5.41, 5.74) is 0.616. The number of carbonyl (C=O) groups is 1. The molecular weight excluding hydrogens is 504 g/mol. The van der Waals surface area contributed by atoms with Crippen LogP contribution in [0.4, 0.5) is 0 Å². The number of piperidine rings is 1. The highest BCUT2D eigenvalue weighted by Gasteiger charge is 2.79. The van der Waals surface area contributed by atoms with E-state index < -0.39 is 5.92 Å². The number of likely N-dealkylation sites (N-methyl/N-ethyl adjacent to an activating group) is 1. The molecule has 0 saturated carbocycles. The van der Waals surface area contributed by atoms with E-state index in [0.29, 0.717) is 4.59 Å². The molecular formula is C21H32Br2N2O4. The zero-order valence-corrected chi connectivity index (χ0v) is 20.3. The van der Waals surface area contributed by atoms with Crippen molar-refractivity contribution in [3.63, 3.8) is 0 Å². The van der Waals surface area contributed by atoms with Crippen LogP contribution in [-0.2, 0) is 14.3 Å². The molecule has 8 heteroatoms. The molecule has 2 bridgehead atoms. The molecule has 4 rings (SSSR count). The Morgan fingerprint density at radius 3 is 2.72 bits per heavy atom. The minimum absolute atomic E-state index is 0. The Kier molecular flexibility index (Phi) is 7.96. The van der Waals surface area contributed by atoms with Crippen LogP contribution in [0.3, 0.4) is 0 Å². The summed E-state index contributed by atoms with van der Waals surface area (Å²) in [4.78, 5) is 12.8. The van der Waals surface area contributed by atoms with Gasteiger partial charge in [-0.25, -0.2) is 4.59 Å². The Hall–Kier alpha value is -0.510. The predicted molar refractivity (Wildman–Crippen MR) is 111 cm³/mol. The molecule has 0 amide bonds. The fourth-order valence-electron chi connectivity index (χ4n) is 5.48. The third-order valence-electron chi connectivity index (χ3n) is 7.08. The van der Waals surface area contributed by atoms with Gasteiger partial charge in [0.25, 0.3) is 0 Å². The van der Waals surface area contributed by atoms with E-state index in [0.717, 1.165) is 37.7 Å². The van der Waals surface area contributed by atoms with Crippen LogP contribution in [0.2, 0.25) is 0 Å². The molecule has 164 valence electrons. The first-order valence-corrected chi connectivity index (χ1v) is 10.1. The maximum absolute atomic E-state index is 12.8. The van der Waals surface area contributed by atoms with Gasteiger partial charge in [-0.15, -0.1) is 17.0 Å². The van der Waals surface area contributed by atoms with Crippen molar-refractivity contribution in [2.24, 2.45) is 5.84 Å². The van der Waals surface area contributed by atoms with E-state index in [-0.39, 0.29) is 76.4 Å². The third-order valence-corrected chi connectivity index (χ3v) is 7.08. The number of hydrogen-bond donors (Lipinski definition) is 2. The highest BCUT2D eigenvalue weighted by Crippen LogP contribution is 2.59. The van der Waals surface area contributed by atoms with E-state index in [2.05, 4.69) is 14.0 Å². The van der Waals surface area contributed by atoms with Gasteiger partial charge in [0.1, 0.15) is 35.8 Å². The number of fused-ring (bicyclic) bond motifs is 5. The Labute approximate surface area is 193 Å². The van der Waals surface area contributed by atoms with E-state index >= 15 is 0 Å². The Balaban J connectivity index is 0.00000150. The second kappa shape index (κ2) is 9.32. The first kappa shape index (κ1) is 24.8. The Bertz CT molecular complexity index is 705. The lowest BCUT2D eigenvalue weighted by molar-refractivity contribution is -0.992. The van der Waals surface area contributed by atoms with Gasteiger partial charge in [-0.05, 0) is 12.0 Å². The summed E-state index contributed by atoms with van der Waals surface area (Å²) in [5.74, 6) is 5.79. The number of aliphatic hydroxyl groups excluding tert-OH is 1. The molecule has 1 aromatic carbocycles. The van der Waals surface area contributed by atoms with Gasteiger partial charge >= 0.3 is 5.97 Å². The normalized spacial score (nSPS) is 37.5. The number of rotatable bonds is 7. The molecule has 0 radical (unpaired) electrons. The summed E-state index contributed by atoms with van der Waals surface area (Å²) in [7, 11) is 2.11. The van der Waals surface area contributed by atoms with Crippen molar-refractivity contribution >= 4 is 23.0 Å².